The standard InChI is InChI=1S/C10H10N2O/c1-7-6-11-12-10-5-8(13-2)3-4-9(7)10/h3-6,12H,1H2,2H3. The fraction of sp³-hybridized carbons (Fsp3) is 0.100. The van der Waals surface area contributed by atoms with Crippen LogP contribution in [0.1, 0.15) is 5.56 Å². The molecule has 0 bridgehead atoms. The molecule has 0 spiro atoms. The van der Waals surface area contributed by atoms with Gasteiger partial charge < -0.3 is 4.74 Å². The van der Waals surface area contributed by atoms with Crippen molar-refractivity contribution in [3.63, 3.8) is 0 Å². The summed E-state index contributed by atoms with van der Waals surface area (Å²) >= 11 is 0. The number of hydrogen-bond donors (Lipinski definition) is 1. The number of nitrogens with one attached hydrogen (secondary N) is 1. The maximum atomic E-state index is 5.09. The van der Waals surface area contributed by atoms with Crippen molar-refractivity contribution in [2.24, 2.45) is 5.10 Å². The normalized spacial score (nSPS) is 13.5. The first-order chi connectivity index (χ1) is 6.31. The van der Waals surface area contributed by atoms with Gasteiger partial charge in [-0.3, -0.25) is 5.43 Å². The lowest BCUT2D eigenvalue weighted by atomic mass is 10.1. The monoisotopic (exact) mass is 174 g/mol. The van der Waals surface area contributed by atoms with E-state index in [9.17, 15) is 0 Å². The number of nitrogens with zero attached hydrogens (tertiary/aromatic N) is 1. The summed E-state index contributed by atoms with van der Waals surface area (Å²) in [6, 6.07) is 5.77. The van der Waals surface area contributed by atoms with Gasteiger partial charge in [0.05, 0.1) is 19.0 Å². The molecule has 0 amide bonds. The van der Waals surface area contributed by atoms with Crippen LogP contribution in [-0.2, 0) is 0 Å². The van der Waals surface area contributed by atoms with Gasteiger partial charge in [0.15, 0.2) is 0 Å². The van der Waals surface area contributed by atoms with Gasteiger partial charge in [-0.15, -0.1) is 0 Å². The molecule has 0 fully saturated rings. The van der Waals surface area contributed by atoms with Gasteiger partial charge in [0.1, 0.15) is 5.75 Å². The fourth-order valence-electron chi connectivity index (χ4n) is 1.27. The zero-order valence-corrected chi connectivity index (χ0v) is 7.37. The fourth-order valence-corrected chi connectivity index (χ4v) is 1.27. The van der Waals surface area contributed by atoms with E-state index in [0.717, 1.165) is 22.6 Å². The SMILES string of the molecule is C=C1C=NNc2cc(OC)ccc21. The first-order valence-electron chi connectivity index (χ1n) is 3.97. The summed E-state index contributed by atoms with van der Waals surface area (Å²) in [4.78, 5) is 0. The lowest BCUT2D eigenvalue weighted by Gasteiger charge is -2.14. The molecule has 0 saturated carbocycles. The van der Waals surface area contributed by atoms with Crippen LogP contribution in [-0.4, -0.2) is 13.3 Å². The number of fused-ring (bicyclic) bond motifs is 1. The van der Waals surface area contributed by atoms with Crippen LogP contribution >= 0.6 is 0 Å². The van der Waals surface area contributed by atoms with Crippen LogP contribution in [0.4, 0.5) is 5.69 Å². The molecular weight excluding hydrogens is 164 g/mol. The quantitative estimate of drug-likeness (QED) is 0.707. The van der Waals surface area contributed by atoms with Gasteiger partial charge in [-0.2, -0.15) is 5.10 Å². The predicted molar refractivity (Wildman–Crippen MR) is 54.1 cm³/mol. The van der Waals surface area contributed by atoms with Gasteiger partial charge in [-0.05, 0) is 17.7 Å². The van der Waals surface area contributed by atoms with Gasteiger partial charge in [0, 0.05) is 11.6 Å². The Morgan fingerprint density at radius 2 is 2.31 bits per heavy atom. The highest BCUT2D eigenvalue weighted by Gasteiger charge is 2.08. The third-order valence-corrected chi connectivity index (χ3v) is 1.98. The summed E-state index contributed by atoms with van der Waals surface area (Å²) < 4.78 is 5.09. The molecular formula is C10H10N2O. The second-order valence-electron chi connectivity index (χ2n) is 2.81. The molecule has 13 heavy (non-hydrogen) atoms. The van der Waals surface area contributed by atoms with E-state index in [1.807, 2.05) is 18.2 Å². The highest BCUT2D eigenvalue weighted by molar-refractivity contribution is 6.12. The third-order valence-electron chi connectivity index (χ3n) is 1.98. The second-order valence-corrected chi connectivity index (χ2v) is 2.81. The Balaban J connectivity index is 2.49. The largest absolute Gasteiger partial charge is 0.497 e. The van der Waals surface area contributed by atoms with Crippen molar-refractivity contribution < 1.29 is 4.74 Å². The second kappa shape index (κ2) is 2.94. The summed E-state index contributed by atoms with van der Waals surface area (Å²) in [5.41, 5.74) is 5.81. The van der Waals surface area contributed by atoms with E-state index < -0.39 is 0 Å². The van der Waals surface area contributed by atoms with Gasteiger partial charge >= 0.3 is 0 Å². The van der Waals surface area contributed by atoms with E-state index >= 15 is 0 Å². The maximum Gasteiger partial charge on any atom is 0.121 e. The van der Waals surface area contributed by atoms with E-state index in [0.29, 0.717) is 0 Å². The number of anilines is 1. The lowest BCUT2D eigenvalue weighted by Crippen LogP contribution is -2.02. The van der Waals surface area contributed by atoms with Crippen LogP contribution in [0.25, 0.3) is 5.57 Å². The molecule has 2 rings (SSSR count). The molecule has 1 heterocycles. The van der Waals surface area contributed by atoms with E-state index in [4.69, 9.17) is 4.74 Å². The Kier molecular flexibility index (Phi) is 1.77. The van der Waals surface area contributed by atoms with Crippen molar-refractivity contribution in [1.29, 1.82) is 0 Å². The molecule has 66 valence electrons. The minimum atomic E-state index is 0.816. The van der Waals surface area contributed by atoms with Crippen molar-refractivity contribution in [3.05, 3.63) is 30.3 Å². The molecule has 1 aromatic carbocycles. The summed E-state index contributed by atoms with van der Waals surface area (Å²) in [5.74, 6) is 0.816. The van der Waals surface area contributed by atoms with Crippen molar-refractivity contribution in [3.8, 4) is 5.75 Å². The Bertz CT molecular complexity index is 383. The minimum Gasteiger partial charge on any atom is -0.497 e. The van der Waals surface area contributed by atoms with E-state index in [-0.39, 0.29) is 0 Å². The highest BCUT2D eigenvalue weighted by atomic mass is 16.5. The van der Waals surface area contributed by atoms with Gasteiger partial charge in [-0.25, -0.2) is 0 Å². The zero-order valence-electron chi connectivity index (χ0n) is 7.37. The predicted octanol–water partition coefficient (Wildman–Crippen LogP) is 2.12. The maximum absolute atomic E-state index is 5.09. The van der Waals surface area contributed by atoms with Crippen LogP contribution in [0.3, 0.4) is 0 Å². The Hall–Kier alpha value is -1.77. The van der Waals surface area contributed by atoms with E-state index in [2.05, 4.69) is 17.1 Å². The summed E-state index contributed by atoms with van der Waals surface area (Å²) in [6.07, 6.45) is 1.70. The average molecular weight is 174 g/mol. The molecule has 0 aliphatic carbocycles. The molecule has 0 unspecified atom stereocenters. The van der Waals surface area contributed by atoms with Crippen LogP contribution in [0, 0.1) is 0 Å². The number of methoxy groups -OCH3 is 1. The highest BCUT2D eigenvalue weighted by Crippen LogP contribution is 2.28. The molecule has 1 aliphatic rings. The number of hydrogen-bond acceptors (Lipinski definition) is 3. The number of rotatable bonds is 1. The van der Waals surface area contributed by atoms with Gasteiger partial charge in [0.2, 0.25) is 0 Å². The molecule has 1 aromatic rings. The van der Waals surface area contributed by atoms with Gasteiger partial charge in [0.25, 0.3) is 0 Å². The van der Waals surface area contributed by atoms with E-state index in [1.54, 1.807) is 13.3 Å². The van der Waals surface area contributed by atoms with Crippen molar-refractivity contribution >= 4 is 17.5 Å². The van der Waals surface area contributed by atoms with Crippen LogP contribution in [0.2, 0.25) is 0 Å². The van der Waals surface area contributed by atoms with Gasteiger partial charge in [-0.1, -0.05) is 6.58 Å². The Morgan fingerprint density at radius 3 is 3.08 bits per heavy atom. The summed E-state index contributed by atoms with van der Waals surface area (Å²) in [6.45, 7) is 3.88. The molecule has 0 aromatic heterocycles. The number of allylic oxidation sites excluding steroid dienone is 1. The molecule has 3 heteroatoms. The van der Waals surface area contributed by atoms with E-state index in [1.165, 1.54) is 0 Å². The minimum absolute atomic E-state index is 0.816. The third kappa shape index (κ3) is 1.28. The van der Waals surface area contributed by atoms with Crippen LogP contribution in [0.5, 0.6) is 5.75 Å². The smallest absolute Gasteiger partial charge is 0.121 e. The average Bonchev–Trinajstić information content (AvgIpc) is 2.18. The summed E-state index contributed by atoms with van der Waals surface area (Å²) in [7, 11) is 1.64. The molecule has 3 nitrogen and oxygen atoms in total. The van der Waals surface area contributed by atoms with Crippen molar-refractivity contribution in [2.75, 3.05) is 12.5 Å². The van der Waals surface area contributed by atoms with Crippen LogP contribution < -0.4 is 10.2 Å². The molecule has 0 atom stereocenters. The Morgan fingerprint density at radius 1 is 1.46 bits per heavy atom. The molecule has 1 aliphatic heterocycles. The van der Waals surface area contributed by atoms with Crippen LogP contribution in [0.15, 0.2) is 29.9 Å². The molecule has 1 N–H and O–H groups in total. The van der Waals surface area contributed by atoms with Crippen molar-refractivity contribution in [1.82, 2.24) is 0 Å². The number of benzene rings is 1. The van der Waals surface area contributed by atoms with Crippen molar-refractivity contribution in [2.45, 2.75) is 0 Å². The molecule has 0 saturated heterocycles. The number of ether oxygens (including phenoxy) is 1. The topological polar surface area (TPSA) is 33.6 Å². The number of hydrazone groups is 1. The summed E-state index contributed by atoms with van der Waals surface area (Å²) in [5, 5.41) is 3.94. The molecule has 0 radical (unpaired) electrons. The lowest BCUT2D eigenvalue weighted by molar-refractivity contribution is 0.415. The first-order valence-corrected chi connectivity index (χ1v) is 3.97. The first kappa shape index (κ1) is 7.86. The zero-order chi connectivity index (χ0) is 9.26. The Labute approximate surface area is 76.7 Å².